The molecule has 0 spiro atoms. The fourth-order valence-corrected chi connectivity index (χ4v) is 4.93. The molecule has 152 valence electrons. The molecule has 0 unspecified atom stereocenters. The van der Waals surface area contributed by atoms with Gasteiger partial charge in [-0.25, -0.2) is 23.5 Å². The average Bonchev–Trinajstić information content (AvgIpc) is 3.36. The Labute approximate surface area is 174 Å². The molecule has 1 amide bonds. The maximum atomic E-state index is 13.3. The number of amides is 1. The number of primary sulfonamides is 1. The van der Waals surface area contributed by atoms with Crippen LogP contribution in [0.15, 0.2) is 59.9 Å². The highest BCUT2D eigenvalue weighted by Gasteiger charge is 2.34. The molecule has 2 N–H and O–H groups in total. The van der Waals surface area contributed by atoms with Gasteiger partial charge in [0.15, 0.2) is 0 Å². The third-order valence-corrected chi connectivity index (χ3v) is 6.82. The summed E-state index contributed by atoms with van der Waals surface area (Å²) in [5, 5.41) is 5.27. The Morgan fingerprint density at radius 1 is 1.03 bits per heavy atom. The van der Waals surface area contributed by atoms with E-state index in [1.165, 1.54) is 24.0 Å². The minimum atomic E-state index is -3.82. The Hall–Kier alpha value is -3.10. The van der Waals surface area contributed by atoms with Gasteiger partial charge in [-0.3, -0.25) is 4.79 Å². The predicted octanol–water partition coefficient (Wildman–Crippen LogP) is 2.10. The molecule has 1 aromatic heterocycles. The molecule has 0 bridgehead atoms. The number of anilines is 1. The quantitative estimate of drug-likeness (QED) is 0.698. The first-order chi connectivity index (χ1) is 14.4. The van der Waals surface area contributed by atoms with Gasteiger partial charge >= 0.3 is 0 Å². The van der Waals surface area contributed by atoms with E-state index < -0.39 is 10.0 Å². The molecule has 2 heterocycles. The summed E-state index contributed by atoms with van der Waals surface area (Å²) in [6.07, 6.45) is 5.29. The van der Waals surface area contributed by atoms with Gasteiger partial charge in [0.25, 0.3) is 0 Å². The lowest BCUT2D eigenvalue weighted by atomic mass is 10.0. The monoisotopic (exact) mass is 420 g/mol. The summed E-state index contributed by atoms with van der Waals surface area (Å²) in [6.45, 7) is 0.557. The highest BCUT2D eigenvalue weighted by molar-refractivity contribution is 7.89. The second-order valence-corrected chi connectivity index (χ2v) is 9.32. The van der Waals surface area contributed by atoms with Crippen molar-refractivity contribution in [1.29, 1.82) is 0 Å². The fourth-order valence-electron chi connectivity index (χ4n) is 4.40. The molecule has 0 saturated heterocycles. The van der Waals surface area contributed by atoms with Crippen LogP contribution in [-0.4, -0.2) is 30.8 Å². The average molecular weight is 420 g/mol. The molecule has 1 atom stereocenters. The van der Waals surface area contributed by atoms with Crippen molar-refractivity contribution in [2.75, 3.05) is 11.4 Å². The summed E-state index contributed by atoms with van der Waals surface area (Å²) < 4.78 is 23.5. The number of nitrogens with two attached hydrogens (primary N) is 1. The van der Waals surface area contributed by atoms with Gasteiger partial charge in [0.1, 0.15) is 6.33 Å². The normalized spacial score (nSPS) is 17.6. The van der Waals surface area contributed by atoms with Crippen LogP contribution in [0.5, 0.6) is 0 Å². The van der Waals surface area contributed by atoms with E-state index in [2.05, 4.69) is 22.1 Å². The summed E-state index contributed by atoms with van der Waals surface area (Å²) in [5.74, 6) is -0.134. The van der Waals surface area contributed by atoms with Gasteiger partial charge in [-0.15, -0.1) is 0 Å². The van der Waals surface area contributed by atoms with Gasteiger partial charge in [0.2, 0.25) is 15.9 Å². The molecular weight excluding hydrogens is 400 g/mol. The summed E-state index contributed by atoms with van der Waals surface area (Å²) in [5.41, 5.74) is 5.81. The molecule has 30 heavy (non-hydrogen) atoms. The molecule has 0 saturated carbocycles. The van der Waals surface area contributed by atoms with E-state index in [1.807, 2.05) is 12.1 Å². The molecule has 0 radical (unpaired) electrons. The van der Waals surface area contributed by atoms with Gasteiger partial charge < -0.3 is 4.90 Å². The van der Waals surface area contributed by atoms with E-state index in [1.54, 1.807) is 17.2 Å². The maximum absolute atomic E-state index is 13.3. The molecule has 8 heteroatoms. The van der Waals surface area contributed by atoms with Crippen molar-refractivity contribution in [2.24, 2.45) is 11.1 Å². The van der Waals surface area contributed by atoms with E-state index in [4.69, 9.17) is 5.14 Å². The van der Waals surface area contributed by atoms with E-state index in [-0.39, 0.29) is 16.7 Å². The smallest absolute Gasteiger partial charge is 0.238 e. The van der Waals surface area contributed by atoms with Crippen LogP contribution in [0.4, 0.5) is 5.69 Å². The first-order valence-corrected chi connectivity index (χ1v) is 11.3. The topological polar surface area (TPSA) is 106 Å². The van der Waals surface area contributed by atoms with Gasteiger partial charge in [0.05, 0.1) is 10.6 Å². The number of hydrogen-bond donors (Lipinski definition) is 1. The summed E-state index contributed by atoms with van der Waals surface area (Å²) in [4.78, 5) is 23.3. The van der Waals surface area contributed by atoms with Crippen molar-refractivity contribution >= 4 is 21.6 Å². The Morgan fingerprint density at radius 3 is 2.60 bits per heavy atom. The highest BCUT2D eigenvalue weighted by atomic mass is 32.2. The van der Waals surface area contributed by atoms with Crippen molar-refractivity contribution < 1.29 is 13.2 Å². The molecule has 7 nitrogen and oxygen atoms in total. The van der Waals surface area contributed by atoms with Gasteiger partial charge in [0, 0.05) is 29.9 Å². The molecule has 2 aromatic carbocycles. The SMILES string of the molecule is NS(=O)(=O)c1ccc2c(c1)N(C(=O)[C@@H]1Cc3ccc(-c4ccncn4)cc3C1)CC2. The number of hydrogen-bond acceptors (Lipinski definition) is 5. The lowest BCUT2D eigenvalue weighted by Gasteiger charge is -2.21. The molecule has 2 aliphatic rings. The zero-order valence-corrected chi connectivity index (χ0v) is 17.0. The number of sulfonamides is 1. The number of benzene rings is 2. The van der Waals surface area contributed by atoms with E-state index in [9.17, 15) is 13.2 Å². The summed E-state index contributed by atoms with van der Waals surface area (Å²) in [6, 6.07) is 12.8. The Bertz CT molecular complexity index is 1260. The minimum Gasteiger partial charge on any atom is -0.312 e. The van der Waals surface area contributed by atoms with Crippen molar-refractivity contribution in [1.82, 2.24) is 9.97 Å². The van der Waals surface area contributed by atoms with Crippen LogP contribution >= 0.6 is 0 Å². The van der Waals surface area contributed by atoms with Crippen LogP contribution < -0.4 is 10.0 Å². The second kappa shape index (κ2) is 7.00. The fraction of sp³-hybridized carbons (Fsp3) is 0.227. The maximum Gasteiger partial charge on any atom is 0.238 e. The standard InChI is InChI=1S/C22H20N4O3S/c23-30(28,29)19-4-3-14-6-8-26(21(14)12-19)22(27)18-9-15-1-2-16(10-17(15)11-18)20-5-7-24-13-25-20/h1-5,7,10,12-13,18H,6,8-9,11H2,(H2,23,28,29)/t18-/m1/s1. The van der Waals surface area contributed by atoms with Gasteiger partial charge in [-0.05, 0) is 60.2 Å². The molecule has 3 aromatic rings. The largest absolute Gasteiger partial charge is 0.312 e. The van der Waals surface area contributed by atoms with Crippen LogP contribution in [0, 0.1) is 5.92 Å². The van der Waals surface area contributed by atoms with Crippen LogP contribution in [0.25, 0.3) is 11.3 Å². The summed E-state index contributed by atoms with van der Waals surface area (Å²) in [7, 11) is -3.82. The lowest BCUT2D eigenvalue weighted by Crippen LogP contribution is -2.35. The van der Waals surface area contributed by atoms with Crippen LogP contribution in [0.3, 0.4) is 0 Å². The number of rotatable bonds is 3. The third kappa shape index (κ3) is 3.28. The number of aromatic nitrogens is 2. The first-order valence-electron chi connectivity index (χ1n) is 9.75. The first kappa shape index (κ1) is 18.9. The van der Waals surface area contributed by atoms with E-state index >= 15 is 0 Å². The van der Waals surface area contributed by atoms with Crippen molar-refractivity contribution in [3.63, 3.8) is 0 Å². The van der Waals surface area contributed by atoms with Gasteiger partial charge in [-0.1, -0.05) is 18.2 Å². The van der Waals surface area contributed by atoms with Gasteiger partial charge in [-0.2, -0.15) is 0 Å². The molecule has 1 aliphatic heterocycles. The van der Waals surface area contributed by atoms with E-state index in [0.717, 1.165) is 22.4 Å². The number of carbonyl (C=O) groups is 1. The Morgan fingerprint density at radius 2 is 1.83 bits per heavy atom. The number of nitrogens with zero attached hydrogens (tertiary/aromatic N) is 3. The molecule has 0 fully saturated rings. The van der Waals surface area contributed by atoms with Crippen molar-refractivity contribution in [2.45, 2.75) is 24.2 Å². The number of carbonyl (C=O) groups excluding carboxylic acids is 1. The zero-order chi connectivity index (χ0) is 20.9. The van der Waals surface area contributed by atoms with Crippen LogP contribution in [0.2, 0.25) is 0 Å². The minimum absolute atomic E-state index is 0.0279. The Balaban J connectivity index is 1.40. The zero-order valence-electron chi connectivity index (χ0n) is 16.2. The third-order valence-electron chi connectivity index (χ3n) is 5.91. The molecule has 5 rings (SSSR count). The summed E-state index contributed by atoms with van der Waals surface area (Å²) >= 11 is 0. The lowest BCUT2D eigenvalue weighted by molar-refractivity contribution is -0.122. The number of fused-ring (bicyclic) bond motifs is 2. The highest BCUT2D eigenvalue weighted by Crippen LogP contribution is 2.36. The van der Waals surface area contributed by atoms with E-state index in [0.29, 0.717) is 31.5 Å². The van der Waals surface area contributed by atoms with Crippen molar-refractivity contribution in [3.8, 4) is 11.3 Å². The predicted molar refractivity (Wildman–Crippen MR) is 112 cm³/mol. The van der Waals surface area contributed by atoms with Crippen LogP contribution in [-0.2, 0) is 34.1 Å². The Kier molecular flexibility index (Phi) is 4.41. The molecular formula is C22H20N4O3S. The second-order valence-electron chi connectivity index (χ2n) is 7.76. The molecule has 1 aliphatic carbocycles. The van der Waals surface area contributed by atoms with Crippen molar-refractivity contribution in [3.05, 3.63) is 71.7 Å². The van der Waals surface area contributed by atoms with Crippen LogP contribution in [0.1, 0.15) is 16.7 Å².